The number of benzene rings is 2. The zero-order chi connectivity index (χ0) is 25.1. The molecule has 0 aliphatic rings. The fourth-order valence-electron chi connectivity index (χ4n) is 3.89. The van der Waals surface area contributed by atoms with Crippen LogP contribution in [0, 0.1) is 23.7 Å². The molecule has 0 saturated carbocycles. The van der Waals surface area contributed by atoms with Gasteiger partial charge in [-0.3, -0.25) is 0 Å². The van der Waals surface area contributed by atoms with Crippen LogP contribution in [0.4, 0.5) is 0 Å². The number of unbranched alkanes of at least 4 members (excludes halogenated alkanes) is 2. The van der Waals surface area contributed by atoms with Gasteiger partial charge in [0.2, 0.25) is 0 Å². The van der Waals surface area contributed by atoms with Crippen molar-refractivity contribution in [1.29, 1.82) is 0 Å². The van der Waals surface area contributed by atoms with Crippen molar-refractivity contribution < 1.29 is 14.9 Å². The van der Waals surface area contributed by atoms with Crippen molar-refractivity contribution in [1.82, 2.24) is 0 Å². The average Bonchev–Trinajstić information content (AvgIpc) is 2.89. The van der Waals surface area contributed by atoms with E-state index in [1.807, 2.05) is 36.4 Å². The maximum Gasteiger partial charge on any atom is 0.0882 e. The summed E-state index contributed by atoms with van der Waals surface area (Å²) in [5.74, 6) is 13.4. The molecule has 0 saturated heterocycles. The smallest absolute Gasteiger partial charge is 0.0882 e. The first-order valence-electron chi connectivity index (χ1n) is 13.1. The molecule has 4 atom stereocenters. The number of hydrogen-bond acceptors (Lipinski definition) is 3. The van der Waals surface area contributed by atoms with Crippen molar-refractivity contribution in [2.45, 2.75) is 89.3 Å². The van der Waals surface area contributed by atoms with Crippen molar-refractivity contribution in [3.8, 4) is 23.7 Å². The third-order valence-corrected chi connectivity index (χ3v) is 5.95. The minimum absolute atomic E-state index is 0.160. The summed E-state index contributed by atoms with van der Waals surface area (Å²) in [6.07, 6.45) is 5.98. The monoisotopic (exact) mass is 474 g/mol. The molecule has 0 amide bonds. The van der Waals surface area contributed by atoms with E-state index in [0.29, 0.717) is 12.8 Å². The molecule has 0 aliphatic carbocycles. The molecule has 0 fully saturated rings. The number of rotatable bonds is 14. The molecule has 3 nitrogen and oxygen atoms in total. The van der Waals surface area contributed by atoms with Crippen LogP contribution in [0.5, 0.6) is 0 Å². The third-order valence-electron chi connectivity index (χ3n) is 5.95. The van der Waals surface area contributed by atoms with Gasteiger partial charge in [0.1, 0.15) is 0 Å². The van der Waals surface area contributed by atoms with Crippen molar-refractivity contribution in [2.24, 2.45) is 0 Å². The topological polar surface area (TPSA) is 49.7 Å². The van der Waals surface area contributed by atoms with E-state index in [1.165, 1.54) is 11.1 Å². The Bertz CT molecular complexity index is 840. The van der Waals surface area contributed by atoms with Gasteiger partial charge in [-0.2, -0.15) is 0 Å². The lowest BCUT2D eigenvalue weighted by Crippen LogP contribution is -2.21. The molecular formula is C32H42O3. The summed E-state index contributed by atoms with van der Waals surface area (Å²) < 4.78 is 5.54. The number of aliphatic hydroxyl groups is 2. The highest BCUT2D eigenvalue weighted by Gasteiger charge is 2.10. The van der Waals surface area contributed by atoms with E-state index >= 15 is 0 Å². The number of aliphatic hydroxyl groups excluding tert-OH is 2. The Kier molecular flexibility index (Phi) is 14.6. The second kappa shape index (κ2) is 17.8. The molecule has 0 spiro atoms. The van der Waals surface area contributed by atoms with Crippen LogP contribution in [0.3, 0.4) is 0 Å². The predicted molar refractivity (Wildman–Crippen MR) is 145 cm³/mol. The second-order valence-electron chi connectivity index (χ2n) is 9.11. The van der Waals surface area contributed by atoms with Gasteiger partial charge in [0, 0.05) is 24.7 Å². The molecule has 0 aliphatic heterocycles. The van der Waals surface area contributed by atoms with Crippen LogP contribution in [0.2, 0.25) is 0 Å². The standard InChI is InChI=1S/C32H42O3/c1-3-5-15-27(29-17-9-7-10-18-29)21-13-23-31(33)25-35-26-32(34)24-14-22-28(16-6-4-2)30-19-11-8-12-20-30/h7-12,17-20,27-28,31-34H,3-6,15-16,23-26H2,1-2H3. The normalized spacial score (nSPS) is 14.1. The second-order valence-corrected chi connectivity index (χ2v) is 9.11. The van der Waals surface area contributed by atoms with Gasteiger partial charge in [0.15, 0.2) is 0 Å². The Morgan fingerprint density at radius 2 is 1.06 bits per heavy atom. The fraction of sp³-hybridized carbons (Fsp3) is 0.500. The van der Waals surface area contributed by atoms with Gasteiger partial charge in [0.25, 0.3) is 0 Å². The Labute approximate surface area is 212 Å². The zero-order valence-electron chi connectivity index (χ0n) is 21.5. The Morgan fingerprint density at radius 1 is 0.657 bits per heavy atom. The zero-order valence-corrected chi connectivity index (χ0v) is 21.5. The summed E-state index contributed by atoms with van der Waals surface area (Å²) in [6, 6.07) is 20.7. The lowest BCUT2D eigenvalue weighted by molar-refractivity contribution is -0.00406. The molecule has 0 heterocycles. The van der Waals surface area contributed by atoms with E-state index in [0.717, 1.165) is 38.5 Å². The average molecular weight is 475 g/mol. The highest BCUT2D eigenvalue weighted by Crippen LogP contribution is 2.22. The molecule has 0 radical (unpaired) electrons. The van der Waals surface area contributed by atoms with Crippen LogP contribution in [0.25, 0.3) is 0 Å². The minimum Gasteiger partial charge on any atom is -0.390 e. The first-order chi connectivity index (χ1) is 17.1. The first-order valence-corrected chi connectivity index (χ1v) is 13.1. The van der Waals surface area contributed by atoms with Gasteiger partial charge in [-0.1, -0.05) is 124 Å². The molecule has 3 heteroatoms. The van der Waals surface area contributed by atoms with Gasteiger partial charge < -0.3 is 14.9 Å². The molecule has 35 heavy (non-hydrogen) atoms. The predicted octanol–water partition coefficient (Wildman–Crippen LogP) is 6.46. The number of ether oxygens (including phenoxy) is 1. The molecule has 188 valence electrons. The summed E-state index contributed by atoms with van der Waals surface area (Å²) in [5, 5.41) is 20.5. The van der Waals surface area contributed by atoms with Crippen LogP contribution in [0.15, 0.2) is 60.7 Å². The minimum atomic E-state index is -0.667. The van der Waals surface area contributed by atoms with E-state index in [4.69, 9.17) is 4.74 Å². The Morgan fingerprint density at radius 3 is 1.43 bits per heavy atom. The van der Waals surface area contributed by atoms with Crippen LogP contribution in [0.1, 0.15) is 88.2 Å². The van der Waals surface area contributed by atoms with Crippen LogP contribution < -0.4 is 0 Å². The molecule has 0 bridgehead atoms. The number of hydrogen-bond donors (Lipinski definition) is 2. The van der Waals surface area contributed by atoms with Crippen molar-refractivity contribution in [3.63, 3.8) is 0 Å². The van der Waals surface area contributed by atoms with E-state index < -0.39 is 12.2 Å². The molecule has 2 aromatic carbocycles. The largest absolute Gasteiger partial charge is 0.390 e. The van der Waals surface area contributed by atoms with E-state index in [9.17, 15) is 10.2 Å². The maximum atomic E-state index is 10.2. The van der Waals surface area contributed by atoms with E-state index in [2.05, 4.69) is 61.8 Å². The van der Waals surface area contributed by atoms with E-state index in [1.54, 1.807) is 0 Å². The highest BCUT2D eigenvalue weighted by atomic mass is 16.5. The summed E-state index contributed by atoms with van der Waals surface area (Å²) in [5.41, 5.74) is 2.46. The first kappa shape index (κ1) is 28.7. The summed E-state index contributed by atoms with van der Waals surface area (Å²) in [4.78, 5) is 0. The van der Waals surface area contributed by atoms with Gasteiger partial charge in [-0.05, 0) is 24.0 Å². The molecule has 4 unspecified atom stereocenters. The Hall–Kier alpha value is -2.56. The van der Waals surface area contributed by atoms with Crippen LogP contribution >= 0.6 is 0 Å². The Balaban J connectivity index is 1.74. The molecule has 2 rings (SSSR count). The van der Waals surface area contributed by atoms with E-state index in [-0.39, 0.29) is 25.0 Å². The molecule has 0 aromatic heterocycles. The molecule has 2 aromatic rings. The van der Waals surface area contributed by atoms with Crippen molar-refractivity contribution in [3.05, 3.63) is 71.8 Å². The SMILES string of the molecule is CCCCC(C#CCC(O)COCC(O)CC#CC(CCCC)c1ccccc1)c1ccccc1. The highest BCUT2D eigenvalue weighted by molar-refractivity contribution is 5.28. The van der Waals surface area contributed by atoms with Crippen molar-refractivity contribution in [2.75, 3.05) is 13.2 Å². The maximum absolute atomic E-state index is 10.2. The lowest BCUT2D eigenvalue weighted by atomic mass is 9.94. The van der Waals surface area contributed by atoms with Gasteiger partial charge in [-0.15, -0.1) is 0 Å². The molecule has 2 N–H and O–H groups in total. The molecular weight excluding hydrogens is 432 g/mol. The van der Waals surface area contributed by atoms with Crippen LogP contribution in [-0.4, -0.2) is 35.6 Å². The fourth-order valence-corrected chi connectivity index (χ4v) is 3.89. The van der Waals surface area contributed by atoms with Gasteiger partial charge >= 0.3 is 0 Å². The summed E-state index contributed by atoms with van der Waals surface area (Å²) in [6.45, 7) is 4.69. The van der Waals surface area contributed by atoms with Gasteiger partial charge in [-0.25, -0.2) is 0 Å². The quantitative estimate of drug-likeness (QED) is 0.309. The third kappa shape index (κ3) is 12.1. The lowest BCUT2D eigenvalue weighted by Gasteiger charge is -2.13. The van der Waals surface area contributed by atoms with Gasteiger partial charge in [0.05, 0.1) is 25.4 Å². The van der Waals surface area contributed by atoms with Crippen molar-refractivity contribution >= 4 is 0 Å². The summed E-state index contributed by atoms with van der Waals surface area (Å²) >= 11 is 0. The summed E-state index contributed by atoms with van der Waals surface area (Å²) in [7, 11) is 0. The van der Waals surface area contributed by atoms with Crippen LogP contribution in [-0.2, 0) is 4.74 Å².